The molecular formula is C11H13IO4. The molecule has 1 aromatic rings. The molecule has 0 spiro atoms. The van der Waals surface area contributed by atoms with Crippen LogP contribution in [-0.2, 0) is 9.47 Å². The molecule has 0 aliphatic carbocycles. The van der Waals surface area contributed by atoms with E-state index in [1.54, 1.807) is 19.2 Å². The first-order chi connectivity index (χ1) is 7.69. The SMILES string of the molecule is COCCOc1cc(I)ccc1C(=O)OC. The summed E-state index contributed by atoms with van der Waals surface area (Å²) in [4.78, 5) is 11.4. The van der Waals surface area contributed by atoms with Gasteiger partial charge in [0, 0.05) is 10.7 Å². The number of halogens is 1. The summed E-state index contributed by atoms with van der Waals surface area (Å²) in [6, 6.07) is 5.31. The van der Waals surface area contributed by atoms with Gasteiger partial charge in [0.25, 0.3) is 0 Å². The van der Waals surface area contributed by atoms with Crippen molar-refractivity contribution in [2.75, 3.05) is 27.4 Å². The predicted octanol–water partition coefficient (Wildman–Crippen LogP) is 2.10. The average Bonchev–Trinajstić information content (AvgIpc) is 2.29. The lowest BCUT2D eigenvalue weighted by molar-refractivity contribution is 0.0594. The summed E-state index contributed by atoms with van der Waals surface area (Å²) in [6.45, 7) is 0.882. The standard InChI is InChI=1S/C11H13IO4/c1-14-5-6-16-10-7-8(12)3-4-9(10)11(13)15-2/h3-4,7H,5-6H2,1-2H3. The van der Waals surface area contributed by atoms with Crippen LogP contribution in [0.4, 0.5) is 0 Å². The molecule has 0 amide bonds. The van der Waals surface area contributed by atoms with Gasteiger partial charge in [-0.05, 0) is 40.8 Å². The molecule has 88 valence electrons. The molecule has 5 heteroatoms. The molecule has 0 bridgehead atoms. The zero-order chi connectivity index (χ0) is 12.0. The fourth-order valence-corrected chi connectivity index (χ4v) is 1.59. The second kappa shape index (κ2) is 6.70. The molecule has 1 aromatic carbocycles. The molecule has 0 radical (unpaired) electrons. The van der Waals surface area contributed by atoms with Crippen molar-refractivity contribution in [2.45, 2.75) is 0 Å². The molecule has 0 saturated heterocycles. The molecule has 0 saturated carbocycles. The number of rotatable bonds is 5. The number of hydrogen-bond acceptors (Lipinski definition) is 4. The smallest absolute Gasteiger partial charge is 0.341 e. The predicted molar refractivity (Wildman–Crippen MR) is 67.9 cm³/mol. The molecule has 4 nitrogen and oxygen atoms in total. The Kier molecular flexibility index (Phi) is 5.54. The second-order valence-corrected chi connectivity index (χ2v) is 4.22. The van der Waals surface area contributed by atoms with Gasteiger partial charge in [-0.25, -0.2) is 4.79 Å². The van der Waals surface area contributed by atoms with Crippen LogP contribution in [0, 0.1) is 3.57 Å². The lowest BCUT2D eigenvalue weighted by Gasteiger charge is -2.10. The van der Waals surface area contributed by atoms with E-state index in [0.717, 1.165) is 3.57 Å². The normalized spacial score (nSPS) is 9.94. The van der Waals surface area contributed by atoms with E-state index in [4.69, 9.17) is 9.47 Å². The van der Waals surface area contributed by atoms with Crippen molar-refractivity contribution in [1.29, 1.82) is 0 Å². The van der Waals surface area contributed by atoms with Crippen molar-refractivity contribution in [3.8, 4) is 5.75 Å². The van der Waals surface area contributed by atoms with Gasteiger partial charge in [-0.3, -0.25) is 0 Å². The summed E-state index contributed by atoms with van der Waals surface area (Å²) in [6.07, 6.45) is 0. The van der Waals surface area contributed by atoms with Crippen LogP contribution in [0.5, 0.6) is 5.75 Å². The van der Waals surface area contributed by atoms with Crippen molar-refractivity contribution < 1.29 is 19.0 Å². The number of hydrogen-bond donors (Lipinski definition) is 0. The first kappa shape index (κ1) is 13.2. The zero-order valence-corrected chi connectivity index (χ0v) is 11.3. The van der Waals surface area contributed by atoms with Crippen molar-refractivity contribution >= 4 is 28.6 Å². The van der Waals surface area contributed by atoms with Gasteiger partial charge in [0.2, 0.25) is 0 Å². The highest BCUT2D eigenvalue weighted by atomic mass is 127. The third-order valence-electron chi connectivity index (χ3n) is 1.89. The van der Waals surface area contributed by atoms with Crippen molar-refractivity contribution in [3.63, 3.8) is 0 Å². The summed E-state index contributed by atoms with van der Waals surface area (Å²) in [5, 5.41) is 0. The van der Waals surface area contributed by atoms with E-state index in [9.17, 15) is 4.79 Å². The van der Waals surface area contributed by atoms with Crippen molar-refractivity contribution in [2.24, 2.45) is 0 Å². The van der Waals surface area contributed by atoms with Crippen LogP contribution in [-0.4, -0.2) is 33.4 Å². The lowest BCUT2D eigenvalue weighted by Crippen LogP contribution is -2.09. The average molecular weight is 336 g/mol. The van der Waals surface area contributed by atoms with Gasteiger partial charge in [-0.1, -0.05) is 0 Å². The lowest BCUT2D eigenvalue weighted by atomic mass is 10.2. The van der Waals surface area contributed by atoms with Gasteiger partial charge in [0.05, 0.1) is 13.7 Å². The Labute approximate surface area is 108 Å². The Balaban J connectivity index is 2.85. The number of methoxy groups -OCH3 is 2. The summed E-state index contributed by atoms with van der Waals surface area (Å²) < 4.78 is 16.0. The third-order valence-corrected chi connectivity index (χ3v) is 2.56. The van der Waals surface area contributed by atoms with Crippen LogP contribution in [0.15, 0.2) is 18.2 Å². The van der Waals surface area contributed by atoms with Gasteiger partial charge in [-0.2, -0.15) is 0 Å². The quantitative estimate of drug-likeness (QED) is 0.469. The minimum absolute atomic E-state index is 0.399. The maximum absolute atomic E-state index is 11.4. The molecule has 0 atom stereocenters. The Bertz CT molecular complexity index is 365. The first-order valence-corrected chi connectivity index (χ1v) is 5.76. The second-order valence-electron chi connectivity index (χ2n) is 2.97. The van der Waals surface area contributed by atoms with Crippen LogP contribution in [0.25, 0.3) is 0 Å². The topological polar surface area (TPSA) is 44.8 Å². The highest BCUT2D eigenvalue weighted by Crippen LogP contribution is 2.22. The molecule has 0 aromatic heterocycles. The fraction of sp³-hybridized carbons (Fsp3) is 0.364. The number of carbonyl (C=O) groups is 1. The molecular weight excluding hydrogens is 323 g/mol. The Morgan fingerprint density at radius 1 is 1.31 bits per heavy atom. The molecule has 0 aliphatic rings. The van der Waals surface area contributed by atoms with E-state index in [1.165, 1.54) is 7.11 Å². The van der Waals surface area contributed by atoms with E-state index >= 15 is 0 Å². The maximum atomic E-state index is 11.4. The first-order valence-electron chi connectivity index (χ1n) is 4.68. The number of carbonyl (C=O) groups excluding carboxylic acids is 1. The van der Waals surface area contributed by atoms with E-state index in [1.807, 2.05) is 6.07 Å². The Morgan fingerprint density at radius 2 is 2.06 bits per heavy atom. The molecule has 0 aliphatic heterocycles. The largest absolute Gasteiger partial charge is 0.490 e. The van der Waals surface area contributed by atoms with Gasteiger partial charge < -0.3 is 14.2 Å². The molecule has 0 fully saturated rings. The zero-order valence-electron chi connectivity index (χ0n) is 9.16. The number of esters is 1. The molecule has 1 rings (SSSR count). The van der Waals surface area contributed by atoms with E-state index in [-0.39, 0.29) is 0 Å². The minimum atomic E-state index is -0.399. The van der Waals surface area contributed by atoms with Gasteiger partial charge in [-0.15, -0.1) is 0 Å². The fourth-order valence-electron chi connectivity index (χ4n) is 1.13. The molecule has 0 N–H and O–H groups in total. The highest BCUT2D eigenvalue weighted by molar-refractivity contribution is 14.1. The van der Waals surface area contributed by atoms with Crippen molar-refractivity contribution in [3.05, 3.63) is 27.3 Å². The van der Waals surface area contributed by atoms with Crippen LogP contribution in [0.1, 0.15) is 10.4 Å². The highest BCUT2D eigenvalue weighted by Gasteiger charge is 2.13. The Hall–Kier alpha value is -0.820. The third kappa shape index (κ3) is 3.64. The molecule has 16 heavy (non-hydrogen) atoms. The maximum Gasteiger partial charge on any atom is 0.341 e. The van der Waals surface area contributed by atoms with Crippen LogP contribution in [0.2, 0.25) is 0 Å². The Morgan fingerprint density at radius 3 is 2.69 bits per heavy atom. The van der Waals surface area contributed by atoms with Gasteiger partial charge in [0.15, 0.2) is 0 Å². The van der Waals surface area contributed by atoms with Crippen LogP contribution >= 0.6 is 22.6 Å². The molecule has 0 heterocycles. The molecule has 0 unspecified atom stereocenters. The van der Waals surface area contributed by atoms with Crippen molar-refractivity contribution in [1.82, 2.24) is 0 Å². The van der Waals surface area contributed by atoms with Gasteiger partial charge in [0.1, 0.15) is 17.9 Å². The van der Waals surface area contributed by atoms with Gasteiger partial charge >= 0.3 is 5.97 Å². The van der Waals surface area contributed by atoms with Crippen LogP contribution < -0.4 is 4.74 Å². The summed E-state index contributed by atoms with van der Waals surface area (Å²) >= 11 is 2.16. The van der Waals surface area contributed by atoms with E-state index in [0.29, 0.717) is 24.5 Å². The minimum Gasteiger partial charge on any atom is -0.490 e. The summed E-state index contributed by atoms with van der Waals surface area (Å²) in [5.41, 5.74) is 0.430. The number of benzene rings is 1. The monoisotopic (exact) mass is 336 g/mol. The summed E-state index contributed by atoms with van der Waals surface area (Å²) in [7, 11) is 2.94. The van der Waals surface area contributed by atoms with E-state index < -0.39 is 5.97 Å². The summed E-state index contributed by atoms with van der Waals surface area (Å²) in [5.74, 6) is 0.125. The van der Waals surface area contributed by atoms with Crippen LogP contribution in [0.3, 0.4) is 0 Å². The number of ether oxygens (including phenoxy) is 3. The van der Waals surface area contributed by atoms with E-state index in [2.05, 4.69) is 27.3 Å².